The second-order valence-corrected chi connectivity index (χ2v) is 7.63. The predicted molar refractivity (Wildman–Crippen MR) is 115 cm³/mol. The molecule has 0 aliphatic heterocycles. The monoisotopic (exact) mass is 384 g/mol. The molecule has 1 amide bonds. The number of nitrogens with one attached hydrogen (secondary N) is 1. The molecular weight excluding hydrogens is 360 g/mol. The summed E-state index contributed by atoms with van der Waals surface area (Å²) in [5.41, 5.74) is 2.66. The van der Waals surface area contributed by atoms with Gasteiger partial charge in [-0.2, -0.15) is 5.10 Å². The lowest BCUT2D eigenvalue weighted by Gasteiger charge is -2.32. The second kappa shape index (κ2) is 7.51. The van der Waals surface area contributed by atoms with Gasteiger partial charge in [0.15, 0.2) is 5.65 Å². The lowest BCUT2D eigenvalue weighted by molar-refractivity contribution is 0.0919. The Morgan fingerprint density at radius 3 is 2.10 bits per heavy atom. The van der Waals surface area contributed by atoms with Crippen molar-refractivity contribution in [1.29, 1.82) is 0 Å². The average molecular weight is 384 g/mol. The average Bonchev–Trinajstić information content (AvgIpc) is 3.18. The van der Waals surface area contributed by atoms with E-state index in [1.54, 1.807) is 12.4 Å². The second-order valence-electron chi connectivity index (χ2n) is 7.63. The van der Waals surface area contributed by atoms with Crippen molar-refractivity contribution in [1.82, 2.24) is 20.1 Å². The van der Waals surface area contributed by atoms with Gasteiger partial charge in [0.05, 0.1) is 17.3 Å². The van der Waals surface area contributed by atoms with Crippen molar-refractivity contribution in [3.63, 3.8) is 0 Å². The summed E-state index contributed by atoms with van der Waals surface area (Å²) in [4.78, 5) is 17.7. The van der Waals surface area contributed by atoms with Gasteiger partial charge in [-0.25, -0.2) is 9.67 Å². The zero-order valence-corrected chi connectivity index (χ0v) is 16.8. The van der Waals surface area contributed by atoms with Crippen molar-refractivity contribution in [3.05, 3.63) is 95.8 Å². The molecule has 5 nitrogen and oxygen atoms in total. The standard InChI is InChI=1S/C24H24N4O/c1-17(2)28-22-18(16-26-28)14-19(15-25-22)23(29)27-24(3,20-10-6-4-7-11-20)21-12-8-5-9-13-21/h4-17H,1-3H3,(H,27,29). The Bertz CT molecular complexity index is 1090. The first kappa shape index (κ1) is 18.9. The van der Waals surface area contributed by atoms with Crippen LogP contribution in [0.1, 0.15) is 48.3 Å². The predicted octanol–water partition coefficient (Wildman–Crippen LogP) is 4.71. The molecule has 0 spiro atoms. The van der Waals surface area contributed by atoms with Gasteiger partial charge in [0.1, 0.15) is 0 Å². The maximum Gasteiger partial charge on any atom is 0.253 e. The van der Waals surface area contributed by atoms with Gasteiger partial charge in [0.25, 0.3) is 5.91 Å². The largest absolute Gasteiger partial charge is 0.339 e. The van der Waals surface area contributed by atoms with Gasteiger partial charge in [0, 0.05) is 17.6 Å². The fourth-order valence-corrected chi connectivity index (χ4v) is 3.60. The van der Waals surface area contributed by atoms with Crippen LogP contribution in [-0.4, -0.2) is 20.7 Å². The summed E-state index contributed by atoms with van der Waals surface area (Å²) in [6, 6.07) is 22.0. The molecule has 0 unspecified atom stereocenters. The lowest BCUT2D eigenvalue weighted by Crippen LogP contribution is -2.44. The molecule has 2 aromatic carbocycles. The summed E-state index contributed by atoms with van der Waals surface area (Å²) in [6.07, 6.45) is 3.38. The Kier molecular flexibility index (Phi) is 4.89. The summed E-state index contributed by atoms with van der Waals surface area (Å²) in [5, 5.41) is 8.47. The van der Waals surface area contributed by atoms with Crippen LogP contribution < -0.4 is 5.32 Å². The normalized spacial score (nSPS) is 11.7. The molecule has 0 radical (unpaired) electrons. The third-order valence-electron chi connectivity index (χ3n) is 5.25. The first-order valence-electron chi connectivity index (χ1n) is 9.76. The number of benzene rings is 2. The molecule has 5 heteroatoms. The molecule has 29 heavy (non-hydrogen) atoms. The van der Waals surface area contributed by atoms with Crippen molar-refractivity contribution >= 4 is 16.9 Å². The number of carbonyl (C=O) groups excluding carboxylic acids is 1. The summed E-state index contributed by atoms with van der Waals surface area (Å²) in [6.45, 7) is 6.14. The van der Waals surface area contributed by atoms with Crippen molar-refractivity contribution in [2.45, 2.75) is 32.4 Å². The van der Waals surface area contributed by atoms with E-state index in [1.807, 2.05) is 78.3 Å². The molecule has 146 valence electrons. The molecule has 0 saturated carbocycles. The van der Waals surface area contributed by atoms with Gasteiger partial charge in [-0.05, 0) is 38.0 Å². The molecule has 0 fully saturated rings. The highest BCUT2D eigenvalue weighted by atomic mass is 16.1. The Balaban J connectivity index is 1.71. The number of nitrogens with zero attached hydrogens (tertiary/aromatic N) is 3. The van der Waals surface area contributed by atoms with Crippen molar-refractivity contribution in [2.24, 2.45) is 0 Å². The molecule has 1 N–H and O–H groups in total. The van der Waals surface area contributed by atoms with Gasteiger partial charge >= 0.3 is 0 Å². The van der Waals surface area contributed by atoms with E-state index in [2.05, 4.69) is 29.2 Å². The van der Waals surface area contributed by atoms with Gasteiger partial charge in [0.2, 0.25) is 0 Å². The minimum absolute atomic E-state index is 0.174. The van der Waals surface area contributed by atoms with Crippen LogP contribution in [0.5, 0.6) is 0 Å². The van der Waals surface area contributed by atoms with Crippen molar-refractivity contribution in [3.8, 4) is 0 Å². The number of amides is 1. The highest BCUT2D eigenvalue weighted by Gasteiger charge is 2.31. The maximum atomic E-state index is 13.2. The van der Waals surface area contributed by atoms with E-state index in [4.69, 9.17) is 0 Å². The molecule has 4 aromatic rings. The van der Waals surface area contributed by atoms with Crippen LogP contribution in [0.4, 0.5) is 0 Å². The van der Waals surface area contributed by atoms with Crippen LogP contribution in [0.3, 0.4) is 0 Å². The number of carbonyl (C=O) groups is 1. The fourth-order valence-electron chi connectivity index (χ4n) is 3.60. The topological polar surface area (TPSA) is 59.8 Å². The first-order chi connectivity index (χ1) is 14.0. The zero-order valence-electron chi connectivity index (χ0n) is 16.8. The van der Waals surface area contributed by atoms with Gasteiger partial charge < -0.3 is 5.32 Å². The Hall–Kier alpha value is -3.47. The van der Waals surface area contributed by atoms with Gasteiger partial charge in [-0.15, -0.1) is 0 Å². The van der Waals surface area contributed by atoms with Crippen molar-refractivity contribution in [2.75, 3.05) is 0 Å². The molecule has 2 aromatic heterocycles. The van der Waals surface area contributed by atoms with Gasteiger partial charge in [-0.3, -0.25) is 4.79 Å². The summed E-state index contributed by atoms with van der Waals surface area (Å²) in [5.74, 6) is -0.174. The molecule has 0 aliphatic carbocycles. The Morgan fingerprint density at radius 2 is 1.55 bits per heavy atom. The zero-order chi connectivity index (χ0) is 20.4. The summed E-state index contributed by atoms with van der Waals surface area (Å²) in [7, 11) is 0. The fraction of sp³-hybridized carbons (Fsp3) is 0.208. The third kappa shape index (κ3) is 3.51. The minimum Gasteiger partial charge on any atom is -0.339 e. The van der Waals surface area contributed by atoms with E-state index in [1.165, 1.54) is 0 Å². The Morgan fingerprint density at radius 1 is 0.966 bits per heavy atom. The highest BCUT2D eigenvalue weighted by molar-refractivity contribution is 5.97. The SMILES string of the molecule is CC(C)n1ncc2cc(C(=O)NC(C)(c3ccccc3)c3ccccc3)cnc21. The number of hydrogen-bond acceptors (Lipinski definition) is 3. The molecule has 4 rings (SSSR count). The highest BCUT2D eigenvalue weighted by Crippen LogP contribution is 2.29. The number of fused-ring (bicyclic) bond motifs is 1. The number of hydrogen-bond donors (Lipinski definition) is 1. The Labute approximate surface area is 170 Å². The maximum absolute atomic E-state index is 13.2. The summed E-state index contributed by atoms with van der Waals surface area (Å²) < 4.78 is 1.86. The number of rotatable bonds is 5. The van der Waals surface area contributed by atoms with E-state index in [0.29, 0.717) is 5.56 Å². The third-order valence-corrected chi connectivity index (χ3v) is 5.25. The molecule has 0 aliphatic rings. The van der Waals surface area contributed by atoms with E-state index >= 15 is 0 Å². The molecule has 2 heterocycles. The molecule has 0 atom stereocenters. The van der Waals surface area contributed by atoms with Crippen LogP contribution in [0.25, 0.3) is 11.0 Å². The number of pyridine rings is 1. The van der Waals surface area contributed by atoms with E-state index in [0.717, 1.165) is 22.2 Å². The van der Waals surface area contributed by atoms with Crippen LogP contribution in [0.2, 0.25) is 0 Å². The minimum atomic E-state index is -0.670. The molecular formula is C24H24N4O. The van der Waals surface area contributed by atoms with Crippen molar-refractivity contribution < 1.29 is 4.79 Å². The van der Waals surface area contributed by atoms with E-state index in [9.17, 15) is 4.79 Å². The van der Waals surface area contributed by atoms with Crippen LogP contribution in [0, 0.1) is 0 Å². The lowest BCUT2D eigenvalue weighted by atomic mass is 9.84. The van der Waals surface area contributed by atoms with E-state index < -0.39 is 5.54 Å². The quantitative estimate of drug-likeness (QED) is 0.542. The number of aromatic nitrogens is 3. The summed E-state index contributed by atoms with van der Waals surface area (Å²) >= 11 is 0. The molecule has 0 bridgehead atoms. The smallest absolute Gasteiger partial charge is 0.253 e. The van der Waals surface area contributed by atoms with Crippen LogP contribution in [-0.2, 0) is 5.54 Å². The van der Waals surface area contributed by atoms with E-state index in [-0.39, 0.29) is 11.9 Å². The van der Waals surface area contributed by atoms with Crippen LogP contribution in [0.15, 0.2) is 79.1 Å². The molecule has 0 saturated heterocycles. The first-order valence-corrected chi connectivity index (χ1v) is 9.76. The van der Waals surface area contributed by atoms with Gasteiger partial charge in [-0.1, -0.05) is 60.7 Å². The van der Waals surface area contributed by atoms with Crippen LogP contribution >= 0.6 is 0 Å².